The van der Waals surface area contributed by atoms with Crippen LogP contribution in [0.15, 0.2) is 48.5 Å². The number of hydrogen-bond acceptors (Lipinski definition) is 9. The van der Waals surface area contributed by atoms with E-state index >= 15 is 0 Å². The lowest BCUT2D eigenvalue weighted by molar-refractivity contribution is -0.136. The van der Waals surface area contributed by atoms with E-state index in [2.05, 4.69) is 41.8 Å². The summed E-state index contributed by atoms with van der Waals surface area (Å²) in [6.07, 6.45) is 5.01. The Morgan fingerprint density at radius 1 is 0.727 bits per heavy atom. The Kier molecular flexibility index (Phi) is 18.0. The Balaban J connectivity index is 1.61. The van der Waals surface area contributed by atoms with Crippen LogP contribution >= 0.6 is 0 Å². The van der Waals surface area contributed by atoms with Crippen molar-refractivity contribution in [1.29, 1.82) is 0 Å². The maximum atomic E-state index is 13.5. The molecule has 7 N–H and O–H groups in total. The molecule has 0 aromatic heterocycles. The quantitative estimate of drug-likeness (QED) is 0.0626. The molecular weight excluding hydrogens is 697 g/mol. The van der Waals surface area contributed by atoms with Crippen LogP contribution in [0.1, 0.15) is 121 Å². The molecule has 0 heterocycles. The monoisotopic (exact) mass is 760 g/mol. The number of nitrogens with two attached hydrogens (primary N) is 2. The second-order valence-corrected chi connectivity index (χ2v) is 15.9. The molecule has 1 fully saturated rings. The molecule has 11 nitrogen and oxygen atoms in total. The second-order valence-electron chi connectivity index (χ2n) is 15.9. The number of nitrogens with one attached hydrogen (secondary N) is 2. The van der Waals surface area contributed by atoms with Crippen molar-refractivity contribution in [3.05, 3.63) is 59.7 Å². The maximum absolute atomic E-state index is 13.5. The first-order chi connectivity index (χ1) is 26.1. The zero-order valence-electron chi connectivity index (χ0n) is 33.5. The van der Waals surface area contributed by atoms with Crippen LogP contribution in [0, 0.1) is 23.2 Å². The van der Waals surface area contributed by atoms with Gasteiger partial charge in [0, 0.05) is 48.0 Å². The Hall–Kier alpha value is -4.06. The minimum atomic E-state index is -1.33. The number of amides is 2. The fourth-order valence-corrected chi connectivity index (χ4v) is 6.91. The number of aliphatic hydroxyl groups excluding tert-OH is 1. The maximum Gasteiger partial charge on any atom is 0.224 e. The number of aryl methyl sites for hydroxylation is 1. The van der Waals surface area contributed by atoms with E-state index in [-0.39, 0.29) is 55.0 Å². The van der Waals surface area contributed by atoms with Crippen molar-refractivity contribution in [1.82, 2.24) is 10.6 Å². The van der Waals surface area contributed by atoms with Crippen molar-refractivity contribution < 1.29 is 33.9 Å². The van der Waals surface area contributed by atoms with E-state index in [1.54, 1.807) is 26.0 Å². The first-order valence-electron chi connectivity index (χ1n) is 20.1. The van der Waals surface area contributed by atoms with E-state index in [1.165, 1.54) is 12.5 Å². The number of unbranched alkanes of at least 4 members (excludes halogenated alkanes) is 2. The summed E-state index contributed by atoms with van der Waals surface area (Å²) in [6, 6.07) is 13.4. The van der Waals surface area contributed by atoms with Crippen molar-refractivity contribution in [3.63, 3.8) is 0 Å². The van der Waals surface area contributed by atoms with Crippen molar-refractivity contribution in [2.75, 3.05) is 13.1 Å². The Morgan fingerprint density at radius 3 is 1.87 bits per heavy atom. The molecule has 1 aliphatic carbocycles. The summed E-state index contributed by atoms with van der Waals surface area (Å²) in [5.74, 6) is -4.32. The molecule has 0 saturated heterocycles. The molecule has 302 valence electrons. The minimum absolute atomic E-state index is 0.0108. The van der Waals surface area contributed by atoms with E-state index in [0.29, 0.717) is 31.4 Å². The van der Waals surface area contributed by atoms with Crippen molar-refractivity contribution in [3.8, 4) is 11.1 Å². The highest BCUT2D eigenvalue weighted by molar-refractivity contribution is 6.00. The van der Waals surface area contributed by atoms with Gasteiger partial charge in [-0.25, -0.2) is 0 Å². The number of carbonyl (C=O) groups excluding carboxylic acids is 6. The van der Waals surface area contributed by atoms with Gasteiger partial charge in [-0.05, 0) is 88.1 Å². The predicted octanol–water partition coefficient (Wildman–Crippen LogP) is 5.27. The van der Waals surface area contributed by atoms with Gasteiger partial charge in [-0.2, -0.15) is 0 Å². The zero-order chi connectivity index (χ0) is 40.7. The van der Waals surface area contributed by atoms with Crippen LogP contribution in [0.3, 0.4) is 0 Å². The summed E-state index contributed by atoms with van der Waals surface area (Å²) in [6.45, 7) is 9.29. The van der Waals surface area contributed by atoms with Crippen LogP contribution in [-0.2, 0) is 30.4 Å². The van der Waals surface area contributed by atoms with Gasteiger partial charge in [0.1, 0.15) is 11.8 Å². The number of carbonyl (C=O) groups is 6. The third-order valence-corrected chi connectivity index (χ3v) is 10.9. The van der Waals surface area contributed by atoms with Gasteiger partial charge in [0.15, 0.2) is 17.3 Å². The summed E-state index contributed by atoms with van der Waals surface area (Å²) in [5, 5.41) is 16.0. The number of ketones is 4. The van der Waals surface area contributed by atoms with Crippen LogP contribution in [0.5, 0.6) is 0 Å². The summed E-state index contributed by atoms with van der Waals surface area (Å²) in [5.41, 5.74) is 14.8. The summed E-state index contributed by atoms with van der Waals surface area (Å²) < 4.78 is 0. The van der Waals surface area contributed by atoms with Crippen LogP contribution in [-0.4, -0.2) is 71.3 Å². The first kappa shape index (κ1) is 45.3. The Labute approximate surface area is 327 Å². The average molecular weight is 761 g/mol. The Morgan fingerprint density at radius 2 is 1.33 bits per heavy atom. The smallest absolute Gasteiger partial charge is 0.224 e. The van der Waals surface area contributed by atoms with Crippen LogP contribution < -0.4 is 22.1 Å². The SMILES string of the molecule is CCCCc1ccc(-c2ccc(C(=O)C[C@@H](CCN)C(=O)N[C@H](C(=O)C[C@@H](C)C(=O)N[C@@H](CCCCN)C(=O)C[C@@H](C)C(=O)C3(C)CC3)[C@@H](C)O)cc2)cc1. The molecule has 0 bridgehead atoms. The number of benzene rings is 2. The van der Waals surface area contributed by atoms with Crippen molar-refractivity contribution in [2.45, 2.75) is 130 Å². The van der Waals surface area contributed by atoms with Gasteiger partial charge in [0.05, 0.1) is 12.1 Å². The van der Waals surface area contributed by atoms with Crippen LogP contribution in [0.4, 0.5) is 0 Å². The second kappa shape index (κ2) is 21.9. The van der Waals surface area contributed by atoms with Gasteiger partial charge in [0.25, 0.3) is 0 Å². The molecule has 2 aromatic carbocycles. The minimum Gasteiger partial charge on any atom is -0.391 e. The molecule has 3 rings (SSSR count). The van der Waals surface area contributed by atoms with Gasteiger partial charge in [0.2, 0.25) is 11.8 Å². The van der Waals surface area contributed by atoms with Gasteiger partial charge < -0.3 is 27.2 Å². The fraction of sp³-hybridized carbons (Fsp3) is 0.591. The third kappa shape index (κ3) is 13.9. The lowest BCUT2D eigenvalue weighted by Gasteiger charge is -2.25. The van der Waals surface area contributed by atoms with Gasteiger partial charge in [-0.15, -0.1) is 0 Å². The van der Waals surface area contributed by atoms with Crippen LogP contribution in [0.25, 0.3) is 11.1 Å². The topological polar surface area (TPSA) is 199 Å². The van der Waals surface area contributed by atoms with Crippen molar-refractivity contribution >= 4 is 34.9 Å². The van der Waals surface area contributed by atoms with E-state index < -0.39 is 53.5 Å². The van der Waals surface area contributed by atoms with Crippen molar-refractivity contribution in [2.24, 2.45) is 34.6 Å². The fourth-order valence-electron chi connectivity index (χ4n) is 6.91. The normalized spacial score (nSPS) is 16.5. The molecule has 0 radical (unpaired) electrons. The zero-order valence-corrected chi connectivity index (χ0v) is 33.5. The number of rotatable bonds is 26. The lowest BCUT2D eigenvalue weighted by atomic mass is 9.87. The Bertz CT molecular complexity index is 1600. The summed E-state index contributed by atoms with van der Waals surface area (Å²) in [4.78, 5) is 79.7. The van der Waals surface area contributed by atoms with E-state index in [4.69, 9.17) is 11.5 Å². The molecule has 55 heavy (non-hydrogen) atoms. The predicted molar refractivity (Wildman–Crippen MR) is 215 cm³/mol. The third-order valence-electron chi connectivity index (χ3n) is 10.9. The largest absolute Gasteiger partial charge is 0.391 e. The molecule has 1 aliphatic rings. The molecular formula is C44H64N4O7. The highest BCUT2D eigenvalue weighted by Crippen LogP contribution is 2.47. The molecule has 0 aliphatic heterocycles. The van der Waals surface area contributed by atoms with E-state index in [1.807, 2.05) is 19.1 Å². The van der Waals surface area contributed by atoms with E-state index in [9.17, 15) is 33.9 Å². The highest BCUT2D eigenvalue weighted by Gasteiger charge is 2.46. The van der Waals surface area contributed by atoms with Gasteiger partial charge >= 0.3 is 0 Å². The highest BCUT2D eigenvalue weighted by atomic mass is 16.3. The first-order valence-corrected chi connectivity index (χ1v) is 20.1. The number of aliphatic hydroxyl groups is 1. The molecule has 2 amide bonds. The molecule has 2 aromatic rings. The number of Topliss-reactive ketones (excluding diaryl/α,β-unsaturated/α-hetero) is 4. The summed E-state index contributed by atoms with van der Waals surface area (Å²) in [7, 11) is 0. The van der Waals surface area contributed by atoms with Gasteiger partial charge in [-0.3, -0.25) is 28.8 Å². The lowest BCUT2D eigenvalue weighted by Crippen LogP contribution is -2.51. The van der Waals surface area contributed by atoms with E-state index in [0.717, 1.165) is 43.2 Å². The molecule has 0 unspecified atom stereocenters. The summed E-state index contributed by atoms with van der Waals surface area (Å²) >= 11 is 0. The molecule has 0 spiro atoms. The molecule has 1 saturated carbocycles. The standard InChI is InChI=1S/C44H64N4O7/c1-6-7-10-31-12-14-32(15-13-31)33-16-18-34(19-17-33)37(50)27-35(20-24-46)43(55)48-40(30(4)49)39(52)26-29(3)42(54)47-36(11-8-9-23-45)38(51)25-28(2)41(53)44(5)21-22-44/h12-19,28-30,35-36,40,49H,6-11,20-27,45-46H2,1-5H3,(H,47,54)(H,48,55)/t28-,29-,30-,35-,36+,40+/m1/s1. The molecule has 11 heteroatoms. The molecule has 6 atom stereocenters. The average Bonchev–Trinajstić information content (AvgIpc) is 3.92. The number of hydrogen-bond donors (Lipinski definition) is 5. The van der Waals surface area contributed by atoms with Gasteiger partial charge in [-0.1, -0.05) is 82.6 Å². The van der Waals surface area contributed by atoms with Crippen LogP contribution in [0.2, 0.25) is 0 Å².